The number of rotatable bonds is 3. The molecule has 17 heavy (non-hydrogen) atoms. The first-order valence-electron chi connectivity index (χ1n) is 6.02. The second-order valence-electron chi connectivity index (χ2n) is 4.56. The minimum Gasteiger partial charge on any atom is -0.391 e. The maximum atomic E-state index is 10.2. The molecule has 2 unspecified atom stereocenters. The van der Waals surface area contributed by atoms with Gasteiger partial charge in [-0.25, -0.2) is 0 Å². The van der Waals surface area contributed by atoms with Crippen LogP contribution < -0.4 is 5.32 Å². The number of halogens is 2. The normalized spacial score (nSPS) is 22.4. The average Bonchev–Trinajstić information content (AvgIpc) is 2.34. The van der Waals surface area contributed by atoms with E-state index >= 15 is 0 Å². The van der Waals surface area contributed by atoms with Crippen molar-refractivity contribution in [3.05, 3.63) is 33.3 Å². The van der Waals surface area contributed by atoms with Crippen LogP contribution in [0.2, 0.25) is 5.02 Å². The van der Waals surface area contributed by atoms with E-state index in [4.69, 9.17) is 11.6 Å². The molecule has 0 aromatic heterocycles. The highest BCUT2D eigenvalue weighted by Crippen LogP contribution is 2.24. The molecular formula is C13H17BrClNO. The van der Waals surface area contributed by atoms with Crippen molar-refractivity contribution in [3.8, 4) is 0 Å². The fourth-order valence-corrected chi connectivity index (χ4v) is 3.01. The highest BCUT2D eigenvalue weighted by atomic mass is 79.9. The van der Waals surface area contributed by atoms with E-state index in [0.29, 0.717) is 11.4 Å². The van der Waals surface area contributed by atoms with E-state index in [1.807, 2.05) is 18.2 Å². The summed E-state index contributed by atoms with van der Waals surface area (Å²) in [5.74, 6) is 0. The number of hydrogen-bond donors (Lipinski definition) is 2. The SMILES string of the molecule is OC(Cc1ccc(Br)cc1Cl)C1CCCCN1. The molecule has 1 aliphatic rings. The van der Waals surface area contributed by atoms with Gasteiger partial charge in [0, 0.05) is 22.0 Å². The molecule has 0 radical (unpaired) electrons. The molecule has 0 saturated carbocycles. The Hall–Kier alpha value is -0.0900. The van der Waals surface area contributed by atoms with Gasteiger partial charge in [0.25, 0.3) is 0 Å². The van der Waals surface area contributed by atoms with Crippen LogP contribution in [0.15, 0.2) is 22.7 Å². The Labute approximate surface area is 115 Å². The van der Waals surface area contributed by atoms with Crippen LogP contribution >= 0.6 is 27.5 Å². The van der Waals surface area contributed by atoms with Crippen molar-refractivity contribution >= 4 is 27.5 Å². The third-order valence-corrected chi connectivity index (χ3v) is 4.10. The third kappa shape index (κ3) is 3.68. The number of aliphatic hydroxyl groups is 1. The average molecular weight is 319 g/mol. The first-order valence-corrected chi connectivity index (χ1v) is 7.19. The summed E-state index contributed by atoms with van der Waals surface area (Å²) in [5, 5.41) is 14.3. The highest BCUT2D eigenvalue weighted by molar-refractivity contribution is 9.10. The van der Waals surface area contributed by atoms with Gasteiger partial charge in [0.2, 0.25) is 0 Å². The van der Waals surface area contributed by atoms with Crippen molar-refractivity contribution in [1.29, 1.82) is 0 Å². The van der Waals surface area contributed by atoms with Crippen LogP contribution in [-0.2, 0) is 6.42 Å². The summed E-state index contributed by atoms with van der Waals surface area (Å²) in [6.45, 7) is 1.01. The number of piperidine rings is 1. The van der Waals surface area contributed by atoms with Crippen molar-refractivity contribution in [2.24, 2.45) is 0 Å². The van der Waals surface area contributed by atoms with Crippen LogP contribution in [0, 0.1) is 0 Å². The second kappa shape index (κ2) is 6.19. The van der Waals surface area contributed by atoms with Gasteiger partial charge >= 0.3 is 0 Å². The summed E-state index contributed by atoms with van der Waals surface area (Å²) in [6, 6.07) is 6.02. The maximum Gasteiger partial charge on any atom is 0.0733 e. The Morgan fingerprint density at radius 1 is 1.47 bits per heavy atom. The zero-order valence-corrected chi connectivity index (χ0v) is 12.0. The molecule has 2 N–H and O–H groups in total. The van der Waals surface area contributed by atoms with Crippen molar-refractivity contribution in [2.75, 3.05) is 6.54 Å². The van der Waals surface area contributed by atoms with Crippen LogP contribution in [0.5, 0.6) is 0 Å². The second-order valence-corrected chi connectivity index (χ2v) is 5.89. The van der Waals surface area contributed by atoms with Crippen LogP contribution in [0.3, 0.4) is 0 Å². The van der Waals surface area contributed by atoms with E-state index in [9.17, 15) is 5.11 Å². The van der Waals surface area contributed by atoms with E-state index in [1.54, 1.807) is 0 Å². The Bertz CT molecular complexity index is 380. The van der Waals surface area contributed by atoms with Crippen molar-refractivity contribution in [2.45, 2.75) is 37.8 Å². The first kappa shape index (κ1) is 13.3. The summed E-state index contributed by atoms with van der Waals surface area (Å²) < 4.78 is 0.969. The zero-order valence-electron chi connectivity index (χ0n) is 9.63. The molecule has 0 bridgehead atoms. The molecule has 1 aromatic carbocycles. The lowest BCUT2D eigenvalue weighted by atomic mass is 9.95. The summed E-state index contributed by atoms with van der Waals surface area (Å²) >= 11 is 9.53. The molecule has 4 heteroatoms. The van der Waals surface area contributed by atoms with E-state index in [2.05, 4.69) is 21.2 Å². The van der Waals surface area contributed by atoms with Crippen LogP contribution in [0.4, 0.5) is 0 Å². The summed E-state index contributed by atoms with van der Waals surface area (Å²) in [7, 11) is 0. The Morgan fingerprint density at radius 3 is 2.94 bits per heavy atom. The fourth-order valence-electron chi connectivity index (χ4n) is 2.26. The Balaban J connectivity index is 1.99. The molecule has 0 aliphatic carbocycles. The Morgan fingerprint density at radius 2 is 2.29 bits per heavy atom. The van der Waals surface area contributed by atoms with Crippen LogP contribution in [0.1, 0.15) is 24.8 Å². The minimum atomic E-state index is -0.353. The molecule has 1 aliphatic heterocycles. The third-order valence-electron chi connectivity index (χ3n) is 3.26. The van der Waals surface area contributed by atoms with Gasteiger partial charge in [-0.3, -0.25) is 0 Å². The molecule has 0 spiro atoms. The topological polar surface area (TPSA) is 32.3 Å². The summed E-state index contributed by atoms with van der Waals surface area (Å²) in [6.07, 6.45) is 3.72. The smallest absolute Gasteiger partial charge is 0.0733 e. The maximum absolute atomic E-state index is 10.2. The molecule has 1 heterocycles. The van der Waals surface area contributed by atoms with Gasteiger partial charge in [0.05, 0.1) is 6.10 Å². The highest BCUT2D eigenvalue weighted by Gasteiger charge is 2.21. The van der Waals surface area contributed by atoms with Crippen LogP contribution in [-0.4, -0.2) is 23.8 Å². The number of nitrogens with one attached hydrogen (secondary N) is 1. The van der Waals surface area contributed by atoms with E-state index in [1.165, 1.54) is 12.8 Å². The number of benzene rings is 1. The van der Waals surface area contributed by atoms with Gasteiger partial charge < -0.3 is 10.4 Å². The predicted octanol–water partition coefficient (Wildman–Crippen LogP) is 3.15. The molecule has 1 saturated heterocycles. The van der Waals surface area contributed by atoms with E-state index < -0.39 is 0 Å². The van der Waals surface area contributed by atoms with E-state index in [-0.39, 0.29) is 12.1 Å². The molecule has 1 fully saturated rings. The lowest BCUT2D eigenvalue weighted by Crippen LogP contribution is -2.44. The Kier molecular flexibility index (Phi) is 4.86. The van der Waals surface area contributed by atoms with Gasteiger partial charge in [-0.1, -0.05) is 40.0 Å². The molecule has 2 nitrogen and oxygen atoms in total. The summed E-state index contributed by atoms with van der Waals surface area (Å²) in [5.41, 5.74) is 1.01. The monoisotopic (exact) mass is 317 g/mol. The number of hydrogen-bond acceptors (Lipinski definition) is 2. The van der Waals surface area contributed by atoms with Crippen molar-refractivity contribution in [3.63, 3.8) is 0 Å². The van der Waals surface area contributed by atoms with Gasteiger partial charge in [0.1, 0.15) is 0 Å². The molecule has 2 atom stereocenters. The quantitative estimate of drug-likeness (QED) is 0.897. The largest absolute Gasteiger partial charge is 0.391 e. The molecule has 2 rings (SSSR count). The standard InChI is InChI=1S/C13H17BrClNO/c14-10-5-4-9(11(15)8-10)7-13(17)12-3-1-2-6-16-12/h4-5,8,12-13,16-17H,1-3,6-7H2. The molecular weight excluding hydrogens is 302 g/mol. The van der Waals surface area contributed by atoms with Crippen molar-refractivity contribution < 1.29 is 5.11 Å². The molecule has 94 valence electrons. The lowest BCUT2D eigenvalue weighted by molar-refractivity contribution is 0.113. The van der Waals surface area contributed by atoms with Gasteiger partial charge in [0.15, 0.2) is 0 Å². The lowest BCUT2D eigenvalue weighted by Gasteiger charge is -2.28. The van der Waals surface area contributed by atoms with Crippen molar-refractivity contribution in [1.82, 2.24) is 5.32 Å². The molecule has 0 amide bonds. The van der Waals surface area contributed by atoms with Gasteiger partial charge in [-0.15, -0.1) is 0 Å². The van der Waals surface area contributed by atoms with Crippen LogP contribution in [0.25, 0.3) is 0 Å². The fraction of sp³-hybridized carbons (Fsp3) is 0.538. The molecule has 1 aromatic rings. The zero-order chi connectivity index (χ0) is 12.3. The summed E-state index contributed by atoms with van der Waals surface area (Å²) in [4.78, 5) is 0. The van der Waals surface area contributed by atoms with E-state index in [0.717, 1.165) is 23.0 Å². The van der Waals surface area contributed by atoms with Gasteiger partial charge in [-0.2, -0.15) is 0 Å². The minimum absolute atomic E-state index is 0.212. The number of aliphatic hydroxyl groups excluding tert-OH is 1. The predicted molar refractivity (Wildman–Crippen MR) is 74.5 cm³/mol. The van der Waals surface area contributed by atoms with Gasteiger partial charge in [-0.05, 0) is 37.1 Å². The first-order chi connectivity index (χ1) is 8.16.